The Morgan fingerprint density at radius 2 is 1.86 bits per heavy atom. The summed E-state index contributed by atoms with van der Waals surface area (Å²) in [5.41, 5.74) is 1.06. The fourth-order valence-electron chi connectivity index (χ4n) is 1.86. The Balaban J connectivity index is 2.24. The molecule has 2 aromatic carbocycles. The van der Waals surface area contributed by atoms with Gasteiger partial charge in [0.1, 0.15) is 6.04 Å². The molecule has 6 heteroatoms. The minimum atomic E-state index is -0.879. The van der Waals surface area contributed by atoms with Crippen LogP contribution in [0.25, 0.3) is 0 Å². The molecule has 0 radical (unpaired) electrons. The number of halogens is 2. The molecule has 0 fully saturated rings. The molecule has 108 valence electrons. The van der Waals surface area contributed by atoms with Crippen molar-refractivity contribution in [1.29, 1.82) is 0 Å². The molecule has 0 bridgehead atoms. The van der Waals surface area contributed by atoms with Crippen molar-refractivity contribution in [2.24, 2.45) is 0 Å². The molecule has 2 N–H and O–H groups in total. The standard InChI is InChI=1S/C15H12Cl2N2O2/c16-10-4-3-5-11(8-10)19-15(21)14(18-9-20)12-6-1-2-7-13(12)17/h1-9,14H,(H,18,20)(H,19,21)/t14-/m1/s1. The van der Waals surface area contributed by atoms with Gasteiger partial charge in [0.05, 0.1) is 0 Å². The second-order valence-electron chi connectivity index (χ2n) is 4.24. The number of nitrogens with one attached hydrogen (secondary N) is 2. The molecule has 2 aromatic rings. The lowest BCUT2D eigenvalue weighted by atomic mass is 10.1. The fourth-order valence-corrected chi connectivity index (χ4v) is 2.30. The van der Waals surface area contributed by atoms with Crippen LogP contribution in [-0.4, -0.2) is 12.3 Å². The molecule has 2 rings (SSSR count). The van der Waals surface area contributed by atoms with Gasteiger partial charge in [-0.3, -0.25) is 9.59 Å². The van der Waals surface area contributed by atoms with E-state index in [1.807, 2.05) is 0 Å². The molecular weight excluding hydrogens is 311 g/mol. The molecular formula is C15H12Cl2N2O2. The average molecular weight is 323 g/mol. The molecule has 0 unspecified atom stereocenters. The summed E-state index contributed by atoms with van der Waals surface area (Å²) < 4.78 is 0. The second-order valence-corrected chi connectivity index (χ2v) is 5.08. The van der Waals surface area contributed by atoms with Gasteiger partial charge in [-0.25, -0.2) is 0 Å². The minimum Gasteiger partial charge on any atom is -0.343 e. The van der Waals surface area contributed by atoms with E-state index >= 15 is 0 Å². The van der Waals surface area contributed by atoms with Gasteiger partial charge in [-0.2, -0.15) is 0 Å². The van der Waals surface area contributed by atoms with Crippen molar-refractivity contribution < 1.29 is 9.59 Å². The maximum Gasteiger partial charge on any atom is 0.251 e. The van der Waals surface area contributed by atoms with Gasteiger partial charge >= 0.3 is 0 Å². The minimum absolute atomic E-state index is 0.401. The number of hydrogen-bond donors (Lipinski definition) is 2. The third-order valence-electron chi connectivity index (χ3n) is 2.81. The second kappa shape index (κ2) is 7.11. The number of rotatable bonds is 5. The smallest absolute Gasteiger partial charge is 0.251 e. The van der Waals surface area contributed by atoms with E-state index in [4.69, 9.17) is 23.2 Å². The van der Waals surface area contributed by atoms with Crippen LogP contribution >= 0.6 is 23.2 Å². The van der Waals surface area contributed by atoms with Crippen LogP contribution in [0.5, 0.6) is 0 Å². The predicted octanol–water partition coefficient (Wildman–Crippen LogP) is 3.42. The van der Waals surface area contributed by atoms with Crippen molar-refractivity contribution in [3.8, 4) is 0 Å². The number of anilines is 1. The van der Waals surface area contributed by atoms with Crippen LogP contribution in [0.4, 0.5) is 5.69 Å². The van der Waals surface area contributed by atoms with Crippen molar-refractivity contribution in [2.45, 2.75) is 6.04 Å². The Morgan fingerprint density at radius 1 is 1.10 bits per heavy atom. The predicted molar refractivity (Wildman–Crippen MR) is 83.5 cm³/mol. The summed E-state index contributed by atoms with van der Waals surface area (Å²) in [6, 6.07) is 12.7. The van der Waals surface area contributed by atoms with E-state index in [2.05, 4.69) is 10.6 Å². The lowest BCUT2D eigenvalue weighted by Gasteiger charge is -2.17. The SMILES string of the molecule is O=CN[C@@H](C(=O)Nc1cccc(Cl)c1)c1ccccc1Cl. The van der Waals surface area contributed by atoms with Crippen LogP contribution in [0.3, 0.4) is 0 Å². The summed E-state index contributed by atoms with van der Waals surface area (Å²) >= 11 is 11.9. The summed E-state index contributed by atoms with van der Waals surface area (Å²) in [5, 5.41) is 6.06. The molecule has 0 spiro atoms. The number of benzene rings is 2. The first-order valence-electron chi connectivity index (χ1n) is 6.12. The first-order chi connectivity index (χ1) is 10.1. The number of carbonyl (C=O) groups is 2. The first-order valence-corrected chi connectivity index (χ1v) is 6.88. The van der Waals surface area contributed by atoms with Gasteiger partial charge in [-0.1, -0.05) is 47.5 Å². The van der Waals surface area contributed by atoms with Gasteiger partial charge < -0.3 is 10.6 Å². The Bertz CT molecular complexity index is 662. The van der Waals surface area contributed by atoms with E-state index in [-0.39, 0.29) is 0 Å². The lowest BCUT2D eigenvalue weighted by molar-refractivity contribution is -0.121. The van der Waals surface area contributed by atoms with E-state index in [0.29, 0.717) is 27.7 Å². The summed E-state index contributed by atoms with van der Waals surface area (Å²) in [5.74, 6) is -0.405. The first kappa shape index (κ1) is 15.4. The molecule has 2 amide bonds. The average Bonchev–Trinajstić information content (AvgIpc) is 2.45. The molecule has 4 nitrogen and oxygen atoms in total. The Morgan fingerprint density at radius 3 is 2.52 bits per heavy atom. The van der Waals surface area contributed by atoms with E-state index in [1.54, 1.807) is 48.5 Å². The molecule has 0 heterocycles. The van der Waals surface area contributed by atoms with Crippen molar-refractivity contribution >= 4 is 41.2 Å². The fraction of sp³-hybridized carbons (Fsp3) is 0.0667. The zero-order valence-electron chi connectivity index (χ0n) is 10.8. The summed E-state index contributed by atoms with van der Waals surface area (Å²) in [7, 11) is 0. The summed E-state index contributed by atoms with van der Waals surface area (Å²) in [6.45, 7) is 0. The van der Waals surface area contributed by atoms with Crippen LogP contribution in [-0.2, 0) is 9.59 Å². The highest BCUT2D eigenvalue weighted by atomic mass is 35.5. The molecule has 0 aliphatic heterocycles. The molecule has 0 aliphatic rings. The molecule has 0 aromatic heterocycles. The quantitative estimate of drug-likeness (QED) is 0.829. The Labute approximate surface area is 132 Å². The van der Waals surface area contributed by atoms with Crippen molar-refractivity contribution in [1.82, 2.24) is 5.32 Å². The molecule has 0 saturated heterocycles. The van der Waals surface area contributed by atoms with Crippen LogP contribution < -0.4 is 10.6 Å². The highest BCUT2D eigenvalue weighted by Crippen LogP contribution is 2.24. The van der Waals surface area contributed by atoms with E-state index < -0.39 is 11.9 Å². The van der Waals surface area contributed by atoms with Gasteiger partial charge in [0.2, 0.25) is 6.41 Å². The van der Waals surface area contributed by atoms with Gasteiger partial charge in [-0.05, 0) is 24.3 Å². The molecule has 1 atom stereocenters. The zero-order chi connectivity index (χ0) is 15.2. The maximum atomic E-state index is 12.3. The van der Waals surface area contributed by atoms with Crippen molar-refractivity contribution in [3.63, 3.8) is 0 Å². The van der Waals surface area contributed by atoms with Crippen molar-refractivity contribution in [3.05, 3.63) is 64.1 Å². The van der Waals surface area contributed by atoms with Crippen LogP contribution in [0.2, 0.25) is 10.0 Å². The maximum absolute atomic E-state index is 12.3. The van der Waals surface area contributed by atoms with Gasteiger partial charge in [-0.15, -0.1) is 0 Å². The number of amides is 2. The van der Waals surface area contributed by atoms with Gasteiger partial charge in [0.25, 0.3) is 5.91 Å². The largest absolute Gasteiger partial charge is 0.343 e. The third-order valence-corrected chi connectivity index (χ3v) is 3.38. The highest BCUT2D eigenvalue weighted by molar-refractivity contribution is 6.32. The third kappa shape index (κ3) is 3.97. The Kier molecular flexibility index (Phi) is 5.20. The Hall–Kier alpha value is -2.04. The molecule has 0 aliphatic carbocycles. The van der Waals surface area contributed by atoms with E-state index in [0.717, 1.165) is 0 Å². The normalized spacial score (nSPS) is 11.5. The summed E-state index contributed by atoms with van der Waals surface area (Å²) in [6.07, 6.45) is 0.464. The monoisotopic (exact) mass is 322 g/mol. The van der Waals surface area contributed by atoms with Crippen LogP contribution in [0, 0.1) is 0 Å². The van der Waals surface area contributed by atoms with Crippen molar-refractivity contribution in [2.75, 3.05) is 5.32 Å². The molecule has 21 heavy (non-hydrogen) atoms. The van der Waals surface area contributed by atoms with Gasteiger partial charge in [0.15, 0.2) is 0 Å². The molecule has 0 saturated carbocycles. The van der Waals surface area contributed by atoms with Crippen LogP contribution in [0.15, 0.2) is 48.5 Å². The summed E-state index contributed by atoms with van der Waals surface area (Å²) in [4.78, 5) is 23.1. The topological polar surface area (TPSA) is 58.2 Å². The lowest BCUT2D eigenvalue weighted by Crippen LogP contribution is -2.32. The van der Waals surface area contributed by atoms with Crippen LogP contribution in [0.1, 0.15) is 11.6 Å². The van der Waals surface area contributed by atoms with Gasteiger partial charge in [0, 0.05) is 21.3 Å². The number of hydrogen-bond acceptors (Lipinski definition) is 2. The van der Waals surface area contributed by atoms with E-state index in [1.165, 1.54) is 0 Å². The number of carbonyl (C=O) groups excluding carboxylic acids is 2. The van der Waals surface area contributed by atoms with E-state index in [9.17, 15) is 9.59 Å². The highest BCUT2D eigenvalue weighted by Gasteiger charge is 2.22. The zero-order valence-corrected chi connectivity index (χ0v) is 12.4.